The van der Waals surface area contributed by atoms with Crippen molar-refractivity contribution in [1.29, 1.82) is 0 Å². The van der Waals surface area contributed by atoms with E-state index in [9.17, 15) is 0 Å². The van der Waals surface area contributed by atoms with Gasteiger partial charge in [-0.1, -0.05) is 31.9 Å². The average Bonchev–Trinajstić information content (AvgIpc) is 2.05. The predicted molar refractivity (Wildman–Crippen MR) is 54.0 cm³/mol. The summed E-state index contributed by atoms with van der Waals surface area (Å²) in [5.74, 6) is 0.765. The fraction of sp³-hybridized carbons (Fsp3) is 0.818. The van der Waals surface area contributed by atoms with Crippen LogP contribution in [0.3, 0.4) is 0 Å². The first kappa shape index (κ1) is 9.79. The van der Waals surface area contributed by atoms with Crippen LogP contribution in [0.5, 0.6) is 0 Å². The van der Waals surface area contributed by atoms with Crippen molar-refractivity contribution < 1.29 is 0 Å². The molecule has 0 aromatic rings. The third kappa shape index (κ3) is 2.63. The van der Waals surface area contributed by atoms with Gasteiger partial charge >= 0.3 is 0 Å². The molecule has 0 amide bonds. The summed E-state index contributed by atoms with van der Waals surface area (Å²) in [4.78, 5) is 0. The van der Waals surface area contributed by atoms with Crippen LogP contribution in [0.15, 0.2) is 11.6 Å². The lowest BCUT2D eigenvalue weighted by Gasteiger charge is -2.22. The van der Waals surface area contributed by atoms with Crippen LogP contribution in [0, 0.1) is 5.92 Å². The van der Waals surface area contributed by atoms with Gasteiger partial charge in [0.2, 0.25) is 0 Å². The van der Waals surface area contributed by atoms with E-state index < -0.39 is 0 Å². The van der Waals surface area contributed by atoms with Crippen LogP contribution >= 0.6 is 0 Å². The lowest BCUT2D eigenvalue weighted by Crippen LogP contribution is -2.22. The Morgan fingerprint density at radius 1 is 1.67 bits per heavy atom. The molecule has 1 nitrogen and oxygen atoms in total. The molecule has 2 N–H and O–H groups in total. The maximum absolute atomic E-state index is 5.88. The summed E-state index contributed by atoms with van der Waals surface area (Å²) in [6, 6.07) is 0.341. The molecule has 1 aliphatic carbocycles. The summed E-state index contributed by atoms with van der Waals surface area (Å²) < 4.78 is 0. The Labute approximate surface area is 76.0 Å². The summed E-state index contributed by atoms with van der Waals surface area (Å²) in [7, 11) is 0. The molecule has 1 rings (SSSR count). The first-order valence-electron chi connectivity index (χ1n) is 5.20. The van der Waals surface area contributed by atoms with E-state index in [0.717, 1.165) is 5.92 Å². The minimum absolute atomic E-state index is 0.341. The summed E-state index contributed by atoms with van der Waals surface area (Å²) in [5.41, 5.74) is 7.49. The summed E-state index contributed by atoms with van der Waals surface area (Å²) in [5, 5.41) is 0. The zero-order valence-corrected chi connectivity index (χ0v) is 8.34. The molecule has 0 saturated carbocycles. The highest BCUT2D eigenvalue weighted by Crippen LogP contribution is 2.26. The van der Waals surface area contributed by atoms with Gasteiger partial charge in [0, 0.05) is 6.04 Å². The highest BCUT2D eigenvalue weighted by Gasteiger charge is 2.14. The van der Waals surface area contributed by atoms with Crippen LogP contribution in [0.25, 0.3) is 0 Å². The number of rotatable bonds is 3. The summed E-state index contributed by atoms with van der Waals surface area (Å²) >= 11 is 0. The van der Waals surface area contributed by atoms with E-state index in [1.165, 1.54) is 32.1 Å². The normalized spacial score (nSPS) is 26.6. The van der Waals surface area contributed by atoms with Crippen LogP contribution in [-0.4, -0.2) is 6.04 Å². The molecular formula is C11H21N. The van der Waals surface area contributed by atoms with Crippen molar-refractivity contribution in [3.8, 4) is 0 Å². The van der Waals surface area contributed by atoms with Crippen LogP contribution in [-0.2, 0) is 0 Å². The molecule has 0 radical (unpaired) electrons. The molecule has 0 aromatic carbocycles. The van der Waals surface area contributed by atoms with E-state index >= 15 is 0 Å². The molecular weight excluding hydrogens is 146 g/mol. The minimum atomic E-state index is 0.341. The third-order valence-corrected chi connectivity index (χ3v) is 2.79. The van der Waals surface area contributed by atoms with Crippen LogP contribution < -0.4 is 5.73 Å². The van der Waals surface area contributed by atoms with E-state index in [4.69, 9.17) is 5.73 Å². The van der Waals surface area contributed by atoms with Gasteiger partial charge < -0.3 is 5.73 Å². The van der Waals surface area contributed by atoms with Gasteiger partial charge in [0.15, 0.2) is 0 Å². The van der Waals surface area contributed by atoms with E-state index in [1.807, 2.05) is 0 Å². The lowest BCUT2D eigenvalue weighted by atomic mass is 9.86. The molecule has 0 fully saturated rings. The Bertz CT molecular complexity index is 160. The maximum Gasteiger partial charge on any atom is 0.0226 e. The standard InChI is InChI=1S/C11H21N/c1-3-5-9(2)10-6-4-7-11(12)8-10/h8-9,11H,3-7,12H2,1-2H3. The predicted octanol–water partition coefficient (Wildman–Crippen LogP) is 2.86. The monoisotopic (exact) mass is 167 g/mol. The summed E-state index contributed by atoms with van der Waals surface area (Å²) in [6.45, 7) is 4.58. The molecule has 70 valence electrons. The molecule has 2 unspecified atom stereocenters. The van der Waals surface area contributed by atoms with Gasteiger partial charge in [-0.2, -0.15) is 0 Å². The van der Waals surface area contributed by atoms with Crippen molar-refractivity contribution in [3.63, 3.8) is 0 Å². The molecule has 12 heavy (non-hydrogen) atoms. The molecule has 0 aliphatic heterocycles. The second-order valence-corrected chi connectivity index (χ2v) is 3.99. The fourth-order valence-electron chi connectivity index (χ4n) is 2.01. The van der Waals surface area contributed by atoms with Gasteiger partial charge in [0.25, 0.3) is 0 Å². The molecule has 1 aliphatic rings. The average molecular weight is 167 g/mol. The first-order chi connectivity index (χ1) is 5.74. The van der Waals surface area contributed by atoms with E-state index in [-0.39, 0.29) is 0 Å². The molecule has 0 bridgehead atoms. The van der Waals surface area contributed by atoms with Gasteiger partial charge in [-0.3, -0.25) is 0 Å². The first-order valence-corrected chi connectivity index (χ1v) is 5.20. The lowest BCUT2D eigenvalue weighted by molar-refractivity contribution is 0.525. The second-order valence-electron chi connectivity index (χ2n) is 3.99. The quantitative estimate of drug-likeness (QED) is 0.643. The van der Waals surface area contributed by atoms with Crippen LogP contribution in [0.1, 0.15) is 46.0 Å². The van der Waals surface area contributed by atoms with Crippen molar-refractivity contribution in [3.05, 3.63) is 11.6 Å². The Hall–Kier alpha value is -0.300. The fourth-order valence-corrected chi connectivity index (χ4v) is 2.01. The van der Waals surface area contributed by atoms with Gasteiger partial charge in [-0.05, 0) is 31.6 Å². The SMILES string of the molecule is CCCC(C)C1=CC(N)CCC1. The highest BCUT2D eigenvalue weighted by molar-refractivity contribution is 5.12. The maximum atomic E-state index is 5.88. The van der Waals surface area contributed by atoms with Gasteiger partial charge in [0.1, 0.15) is 0 Å². The van der Waals surface area contributed by atoms with Gasteiger partial charge in [0.05, 0.1) is 0 Å². The van der Waals surface area contributed by atoms with E-state index in [1.54, 1.807) is 5.57 Å². The third-order valence-electron chi connectivity index (χ3n) is 2.79. The van der Waals surface area contributed by atoms with Crippen molar-refractivity contribution in [2.24, 2.45) is 11.7 Å². The zero-order valence-electron chi connectivity index (χ0n) is 8.34. The molecule has 0 saturated heterocycles. The van der Waals surface area contributed by atoms with E-state index in [2.05, 4.69) is 19.9 Å². The Balaban J connectivity index is 2.48. The number of allylic oxidation sites excluding steroid dienone is 1. The molecule has 0 aromatic heterocycles. The van der Waals surface area contributed by atoms with Crippen molar-refractivity contribution in [2.45, 2.75) is 52.0 Å². The molecule has 2 atom stereocenters. The smallest absolute Gasteiger partial charge is 0.0226 e. The van der Waals surface area contributed by atoms with Crippen LogP contribution in [0.2, 0.25) is 0 Å². The molecule has 0 spiro atoms. The number of hydrogen-bond acceptors (Lipinski definition) is 1. The van der Waals surface area contributed by atoms with Gasteiger partial charge in [-0.15, -0.1) is 0 Å². The topological polar surface area (TPSA) is 26.0 Å². The molecule has 1 heteroatoms. The summed E-state index contributed by atoms with van der Waals surface area (Å²) in [6.07, 6.45) is 8.66. The zero-order chi connectivity index (χ0) is 8.97. The van der Waals surface area contributed by atoms with E-state index in [0.29, 0.717) is 6.04 Å². The second kappa shape index (κ2) is 4.66. The van der Waals surface area contributed by atoms with Crippen molar-refractivity contribution in [1.82, 2.24) is 0 Å². The largest absolute Gasteiger partial charge is 0.324 e. The Kier molecular flexibility index (Phi) is 3.80. The number of hydrogen-bond donors (Lipinski definition) is 1. The van der Waals surface area contributed by atoms with Gasteiger partial charge in [-0.25, -0.2) is 0 Å². The van der Waals surface area contributed by atoms with Crippen molar-refractivity contribution >= 4 is 0 Å². The minimum Gasteiger partial charge on any atom is -0.324 e. The molecule has 0 heterocycles. The number of nitrogens with two attached hydrogens (primary N) is 1. The highest BCUT2D eigenvalue weighted by atomic mass is 14.6. The van der Waals surface area contributed by atoms with Crippen LogP contribution in [0.4, 0.5) is 0 Å². The van der Waals surface area contributed by atoms with Crippen molar-refractivity contribution in [2.75, 3.05) is 0 Å². The Morgan fingerprint density at radius 3 is 3.00 bits per heavy atom. The Morgan fingerprint density at radius 2 is 2.42 bits per heavy atom.